The van der Waals surface area contributed by atoms with Gasteiger partial charge in [0.1, 0.15) is 11.2 Å². The van der Waals surface area contributed by atoms with Crippen molar-refractivity contribution < 1.29 is 18.3 Å². The molecule has 36 heavy (non-hydrogen) atoms. The highest BCUT2D eigenvalue weighted by Gasteiger charge is 2.56. The Morgan fingerprint density at radius 2 is 2.11 bits per heavy atom. The fourth-order valence-electron chi connectivity index (χ4n) is 5.20. The smallest absolute Gasteiger partial charge is 0.358 e. The number of nitriles is 1. The molecule has 1 aliphatic carbocycles. The van der Waals surface area contributed by atoms with Crippen molar-refractivity contribution in [2.24, 2.45) is 5.92 Å². The van der Waals surface area contributed by atoms with Crippen LogP contribution in [-0.4, -0.2) is 46.5 Å². The molecule has 2 aliphatic rings. The molecular weight excluding hydrogens is 490 g/mol. The summed E-state index contributed by atoms with van der Waals surface area (Å²) >= 11 is 5.98. The molecule has 1 saturated heterocycles. The van der Waals surface area contributed by atoms with Crippen molar-refractivity contribution in [1.29, 1.82) is 5.26 Å². The third-order valence-electron chi connectivity index (χ3n) is 6.90. The van der Waals surface area contributed by atoms with Crippen LogP contribution in [0.3, 0.4) is 0 Å². The Kier molecular flexibility index (Phi) is 5.91. The van der Waals surface area contributed by atoms with Crippen LogP contribution in [0.5, 0.6) is 0 Å². The van der Waals surface area contributed by atoms with E-state index in [1.165, 1.54) is 7.11 Å². The molecule has 0 amide bonds. The number of piperidine rings is 1. The maximum atomic E-state index is 14.1. The van der Waals surface area contributed by atoms with Crippen molar-refractivity contribution >= 4 is 40.1 Å². The lowest BCUT2D eigenvalue weighted by Gasteiger charge is -2.32. The van der Waals surface area contributed by atoms with E-state index in [0.717, 1.165) is 11.1 Å². The highest BCUT2D eigenvalue weighted by Crippen LogP contribution is 2.49. The molecule has 3 aromatic rings. The van der Waals surface area contributed by atoms with Gasteiger partial charge in [-0.1, -0.05) is 17.7 Å². The van der Waals surface area contributed by atoms with Crippen LogP contribution in [0.4, 0.5) is 20.3 Å². The van der Waals surface area contributed by atoms with E-state index in [1.54, 1.807) is 17.0 Å². The molecule has 11 heteroatoms. The molecule has 186 valence electrons. The molecule has 0 spiro atoms. The Labute approximate surface area is 211 Å². The third kappa shape index (κ3) is 4.07. The summed E-state index contributed by atoms with van der Waals surface area (Å²) in [6.07, 6.45) is 0.122. The topological polar surface area (TPSA) is 104 Å². The lowest BCUT2D eigenvalue weighted by Crippen LogP contribution is -2.41. The van der Waals surface area contributed by atoms with Gasteiger partial charge in [0, 0.05) is 30.5 Å². The number of aryl methyl sites for hydroxylation is 1. The maximum absolute atomic E-state index is 14.1. The molecule has 1 aliphatic heterocycles. The van der Waals surface area contributed by atoms with E-state index < -0.39 is 17.8 Å². The summed E-state index contributed by atoms with van der Waals surface area (Å²) in [5.74, 6) is -3.75. The molecule has 2 bridgehead atoms. The van der Waals surface area contributed by atoms with Crippen molar-refractivity contribution in [3.8, 4) is 6.07 Å². The number of nitrogens with zero attached hydrogens (tertiary/aromatic N) is 5. The Morgan fingerprint density at radius 1 is 1.33 bits per heavy atom. The fourth-order valence-corrected chi connectivity index (χ4v) is 5.35. The summed E-state index contributed by atoms with van der Waals surface area (Å²) in [5.41, 5.74) is 3.32. The van der Waals surface area contributed by atoms with Crippen molar-refractivity contribution in [2.45, 2.75) is 44.7 Å². The van der Waals surface area contributed by atoms with E-state index in [1.807, 2.05) is 26.0 Å². The summed E-state index contributed by atoms with van der Waals surface area (Å²) in [5, 5.41) is 13.2. The van der Waals surface area contributed by atoms with E-state index >= 15 is 0 Å². The first-order chi connectivity index (χ1) is 17.1. The second-order valence-electron chi connectivity index (χ2n) is 9.32. The number of hydrogen-bond donors (Lipinski definition) is 1. The van der Waals surface area contributed by atoms with Gasteiger partial charge in [0.15, 0.2) is 17.2 Å². The number of esters is 1. The number of halogens is 3. The van der Waals surface area contributed by atoms with Crippen molar-refractivity contribution in [1.82, 2.24) is 15.0 Å². The quantitative estimate of drug-likeness (QED) is 0.374. The van der Waals surface area contributed by atoms with Gasteiger partial charge in [-0.25, -0.2) is 28.5 Å². The molecule has 1 aromatic carbocycles. The number of pyridine rings is 1. The standard InChI is InChI=1S/C25H23ClF2N6O2/c1-12-6-16(13(2)30-17-4-5-20(26)32-22(17)24(35)36-3)21-18(7-12)31-19(10-29)23(33-21)34-11-14-8-15(34)9-25(14,27)28/h4-7,13-15,30H,8-9,11H2,1-3H3/t13-,14?,15?/m1/s1. The normalized spacial score (nSPS) is 20.9. The number of fused-ring (bicyclic) bond motifs is 3. The number of nitrogens with one attached hydrogen (secondary N) is 1. The van der Waals surface area contributed by atoms with Crippen LogP contribution in [0.2, 0.25) is 5.15 Å². The first-order valence-corrected chi connectivity index (χ1v) is 11.9. The van der Waals surface area contributed by atoms with Crippen molar-refractivity contribution in [2.75, 3.05) is 23.9 Å². The van der Waals surface area contributed by atoms with Gasteiger partial charge in [0.25, 0.3) is 5.92 Å². The first kappa shape index (κ1) is 24.1. The number of benzene rings is 1. The summed E-state index contributed by atoms with van der Waals surface area (Å²) < 4.78 is 33.1. The summed E-state index contributed by atoms with van der Waals surface area (Å²) in [6.45, 7) is 3.94. The van der Waals surface area contributed by atoms with Crippen LogP contribution in [0.25, 0.3) is 11.0 Å². The monoisotopic (exact) mass is 512 g/mol. The Balaban J connectivity index is 1.57. The van der Waals surface area contributed by atoms with Gasteiger partial charge < -0.3 is 15.0 Å². The summed E-state index contributed by atoms with van der Waals surface area (Å²) in [4.78, 5) is 27.5. The number of rotatable bonds is 5. The zero-order valence-corrected chi connectivity index (χ0v) is 20.6. The number of alkyl halides is 2. The molecule has 3 atom stereocenters. The number of carbonyl (C=O) groups is 1. The van der Waals surface area contributed by atoms with Gasteiger partial charge in [-0.05, 0) is 44.0 Å². The summed E-state index contributed by atoms with van der Waals surface area (Å²) in [6, 6.07) is 8.32. The number of anilines is 2. The minimum atomic E-state index is -2.69. The van der Waals surface area contributed by atoms with Gasteiger partial charge in [0.2, 0.25) is 0 Å². The van der Waals surface area contributed by atoms with E-state index in [2.05, 4.69) is 21.4 Å². The van der Waals surface area contributed by atoms with Crippen LogP contribution >= 0.6 is 11.6 Å². The Hall–Kier alpha value is -3.58. The third-order valence-corrected chi connectivity index (χ3v) is 7.11. The van der Waals surface area contributed by atoms with E-state index in [4.69, 9.17) is 21.3 Å². The second kappa shape index (κ2) is 8.82. The van der Waals surface area contributed by atoms with Gasteiger partial charge in [-0.15, -0.1) is 0 Å². The van der Waals surface area contributed by atoms with Crippen LogP contribution in [0.1, 0.15) is 53.1 Å². The predicted molar refractivity (Wildman–Crippen MR) is 130 cm³/mol. The molecule has 8 nitrogen and oxygen atoms in total. The molecule has 2 unspecified atom stereocenters. The second-order valence-corrected chi connectivity index (χ2v) is 9.71. The fraction of sp³-hybridized carbons (Fsp3) is 0.400. The van der Waals surface area contributed by atoms with Gasteiger partial charge in [0.05, 0.1) is 29.9 Å². The SMILES string of the molecule is COC(=O)c1nc(Cl)ccc1N[C@H](C)c1cc(C)cc2nc(C#N)c(N3CC4CC3CC4(F)F)nc12. The number of carbonyl (C=O) groups excluding carboxylic acids is 1. The minimum absolute atomic E-state index is 0.0429. The molecule has 1 N–H and O–H groups in total. The maximum Gasteiger partial charge on any atom is 0.358 e. The number of aromatic nitrogens is 3. The van der Waals surface area contributed by atoms with Gasteiger partial charge in [-0.2, -0.15) is 5.26 Å². The lowest BCUT2D eigenvalue weighted by molar-refractivity contribution is -0.0411. The van der Waals surface area contributed by atoms with Crippen LogP contribution in [0, 0.1) is 24.2 Å². The molecule has 5 rings (SSSR count). The van der Waals surface area contributed by atoms with Crippen LogP contribution < -0.4 is 10.2 Å². The van der Waals surface area contributed by atoms with Crippen molar-refractivity contribution in [3.63, 3.8) is 0 Å². The molecule has 1 saturated carbocycles. The molecule has 3 heterocycles. The zero-order valence-electron chi connectivity index (χ0n) is 19.8. The lowest BCUT2D eigenvalue weighted by atomic mass is 10.0. The highest BCUT2D eigenvalue weighted by molar-refractivity contribution is 6.29. The number of ether oxygens (including phenoxy) is 1. The van der Waals surface area contributed by atoms with E-state index in [0.29, 0.717) is 29.0 Å². The molecule has 2 aromatic heterocycles. The average Bonchev–Trinajstić information content (AvgIpc) is 3.39. The summed E-state index contributed by atoms with van der Waals surface area (Å²) in [7, 11) is 1.26. The van der Waals surface area contributed by atoms with E-state index in [9.17, 15) is 18.8 Å². The largest absolute Gasteiger partial charge is 0.464 e. The average molecular weight is 513 g/mol. The van der Waals surface area contributed by atoms with Gasteiger partial charge >= 0.3 is 5.97 Å². The minimum Gasteiger partial charge on any atom is -0.464 e. The zero-order chi connectivity index (χ0) is 25.8. The van der Waals surface area contributed by atoms with Crippen LogP contribution in [-0.2, 0) is 4.74 Å². The molecule has 0 radical (unpaired) electrons. The van der Waals surface area contributed by atoms with E-state index in [-0.39, 0.29) is 41.6 Å². The Bertz CT molecular complexity index is 1430. The predicted octanol–water partition coefficient (Wildman–Crippen LogP) is 5.05. The number of hydrogen-bond acceptors (Lipinski definition) is 8. The van der Waals surface area contributed by atoms with Crippen molar-refractivity contribution in [3.05, 3.63) is 51.9 Å². The molecule has 2 fully saturated rings. The first-order valence-electron chi connectivity index (χ1n) is 11.5. The van der Waals surface area contributed by atoms with Crippen LogP contribution in [0.15, 0.2) is 24.3 Å². The Morgan fingerprint density at radius 3 is 2.75 bits per heavy atom. The molecular formula is C25H23ClF2N6O2. The number of methoxy groups -OCH3 is 1. The highest BCUT2D eigenvalue weighted by atomic mass is 35.5. The van der Waals surface area contributed by atoms with Gasteiger partial charge in [-0.3, -0.25) is 0 Å².